The number of hydrogen-bond acceptors (Lipinski definition) is 3. The summed E-state index contributed by atoms with van der Waals surface area (Å²) in [5, 5.41) is 17.5. The molecule has 0 aliphatic heterocycles. The minimum atomic E-state index is -0.472. The molecule has 0 aliphatic rings. The van der Waals surface area contributed by atoms with Crippen LogP contribution in [-0.4, -0.2) is 21.4 Å². The summed E-state index contributed by atoms with van der Waals surface area (Å²) < 4.78 is 1.84. The van der Waals surface area contributed by atoms with Crippen molar-refractivity contribution >= 4 is 11.6 Å². The molecule has 1 aromatic heterocycles. The fourth-order valence-electron chi connectivity index (χ4n) is 2.00. The summed E-state index contributed by atoms with van der Waals surface area (Å²) in [4.78, 5) is 0. The van der Waals surface area contributed by atoms with Crippen LogP contribution in [0.1, 0.15) is 39.3 Å². The smallest absolute Gasteiger partial charge is 0.104 e. The van der Waals surface area contributed by atoms with Gasteiger partial charge in [0, 0.05) is 18.8 Å². The first kappa shape index (κ1) is 15.0. The molecule has 1 atom stereocenters. The summed E-state index contributed by atoms with van der Waals surface area (Å²) in [5.74, 6) is 0. The van der Waals surface area contributed by atoms with Gasteiger partial charge in [0.25, 0.3) is 0 Å². The van der Waals surface area contributed by atoms with Gasteiger partial charge >= 0.3 is 0 Å². The van der Waals surface area contributed by atoms with Crippen molar-refractivity contribution in [1.29, 1.82) is 5.26 Å². The topological polar surface area (TPSA) is 53.6 Å². The Morgan fingerprint density at radius 3 is 2.72 bits per heavy atom. The Hall–Kier alpha value is -1.05. The van der Waals surface area contributed by atoms with E-state index in [0.717, 1.165) is 25.1 Å². The highest BCUT2D eigenvalue weighted by Crippen LogP contribution is 2.15. The van der Waals surface area contributed by atoms with Crippen LogP contribution in [0.3, 0.4) is 0 Å². The molecule has 1 heterocycles. The molecule has 0 amide bonds. The summed E-state index contributed by atoms with van der Waals surface area (Å²) in [6, 6.07) is 2.65. The van der Waals surface area contributed by atoms with Gasteiger partial charge in [0.2, 0.25) is 0 Å². The van der Waals surface area contributed by atoms with Gasteiger partial charge in [-0.25, -0.2) is 0 Å². The Bertz CT molecular complexity index is 413. The van der Waals surface area contributed by atoms with Gasteiger partial charge in [-0.05, 0) is 40.5 Å². The molecule has 1 N–H and O–H groups in total. The first-order valence-corrected chi connectivity index (χ1v) is 6.62. The zero-order valence-corrected chi connectivity index (χ0v) is 12.3. The molecule has 0 radical (unpaired) electrons. The monoisotopic (exact) mass is 268 g/mol. The number of halogens is 1. The lowest BCUT2D eigenvalue weighted by Gasteiger charge is -2.25. The largest absolute Gasteiger partial charge is 0.297 e. The van der Waals surface area contributed by atoms with Crippen molar-refractivity contribution < 1.29 is 0 Å². The highest BCUT2D eigenvalue weighted by atomic mass is 35.5. The van der Waals surface area contributed by atoms with E-state index in [1.807, 2.05) is 38.6 Å². The predicted octanol–water partition coefficient (Wildman–Crippen LogP) is 2.91. The van der Waals surface area contributed by atoms with Crippen LogP contribution < -0.4 is 5.32 Å². The normalized spacial score (nSPS) is 14.5. The van der Waals surface area contributed by atoms with Gasteiger partial charge in [-0.1, -0.05) is 11.6 Å². The van der Waals surface area contributed by atoms with Crippen LogP contribution in [-0.2, 0) is 6.54 Å². The lowest BCUT2D eigenvalue weighted by Crippen LogP contribution is -2.45. The third kappa shape index (κ3) is 4.32. The van der Waals surface area contributed by atoms with Crippen molar-refractivity contribution in [1.82, 2.24) is 15.1 Å². The first-order valence-electron chi connectivity index (χ1n) is 6.25. The Balaban J connectivity index is 2.47. The lowest BCUT2D eigenvalue weighted by atomic mass is 9.96. The van der Waals surface area contributed by atoms with Crippen LogP contribution in [0.15, 0.2) is 6.20 Å². The highest BCUT2D eigenvalue weighted by Gasteiger charge is 2.23. The Labute approximate surface area is 114 Å². The maximum atomic E-state index is 9.22. The molecule has 4 nitrogen and oxygen atoms in total. The molecule has 0 bridgehead atoms. The number of nitriles is 1. The SMILES string of the molecule is Cc1nn(CCCC(C)(C#N)NC(C)C)cc1Cl. The molecule has 1 unspecified atom stereocenters. The zero-order valence-electron chi connectivity index (χ0n) is 11.5. The quantitative estimate of drug-likeness (QED) is 0.863. The molecule has 1 rings (SSSR count). The van der Waals surface area contributed by atoms with Crippen molar-refractivity contribution in [2.45, 2.75) is 58.7 Å². The van der Waals surface area contributed by atoms with E-state index in [0.29, 0.717) is 11.1 Å². The molecule has 0 saturated heterocycles. The second kappa shape index (κ2) is 6.21. The van der Waals surface area contributed by atoms with E-state index in [1.165, 1.54) is 0 Å². The molecular formula is C13H21ClN4. The van der Waals surface area contributed by atoms with Crippen molar-refractivity contribution in [3.8, 4) is 6.07 Å². The van der Waals surface area contributed by atoms with Gasteiger partial charge < -0.3 is 0 Å². The van der Waals surface area contributed by atoms with E-state index >= 15 is 0 Å². The van der Waals surface area contributed by atoms with Crippen LogP contribution in [0, 0.1) is 18.3 Å². The maximum absolute atomic E-state index is 9.22. The first-order chi connectivity index (χ1) is 8.36. The Morgan fingerprint density at radius 1 is 1.61 bits per heavy atom. The fourth-order valence-corrected chi connectivity index (χ4v) is 2.15. The third-order valence-corrected chi connectivity index (χ3v) is 3.18. The number of aryl methyl sites for hydroxylation is 2. The minimum Gasteiger partial charge on any atom is -0.297 e. The number of rotatable bonds is 6. The molecule has 0 saturated carbocycles. The number of nitrogens with one attached hydrogen (secondary N) is 1. The maximum Gasteiger partial charge on any atom is 0.104 e. The van der Waals surface area contributed by atoms with Crippen LogP contribution in [0.25, 0.3) is 0 Å². The lowest BCUT2D eigenvalue weighted by molar-refractivity contribution is 0.361. The highest BCUT2D eigenvalue weighted by molar-refractivity contribution is 6.31. The van der Waals surface area contributed by atoms with E-state index < -0.39 is 5.54 Å². The van der Waals surface area contributed by atoms with E-state index in [4.69, 9.17) is 11.6 Å². The summed E-state index contributed by atoms with van der Waals surface area (Å²) in [6.07, 6.45) is 3.51. The van der Waals surface area contributed by atoms with E-state index in [1.54, 1.807) is 0 Å². The average Bonchev–Trinajstić information content (AvgIpc) is 2.57. The Morgan fingerprint density at radius 2 is 2.28 bits per heavy atom. The van der Waals surface area contributed by atoms with E-state index in [2.05, 4.69) is 16.5 Å². The van der Waals surface area contributed by atoms with Gasteiger partial charge in [0.05, 0.1) is 16.8 Å². The number of nitrogens with zero attached hydrogens (tertiary/aromatic N) is 3. The van der Waals surface area contributed by atoms with E-state index in [-0.39, 0.29) is 0 Å². The molecule has 5 heteroatoms. The summed E-state index contributed by atoms with van der Waals surface area (Å²) in [6.45, 7) is 8.70. The van der Waals surface area contributed by atoms with Gasteiger partial charge in [0.1, 0.15) is 5.54 Å². The van der Waals surface area contributed by atoms with Crippen LogP contribution in [0.4, 0.5) is 0 Å². The fraction of sp³-hybridized carbons (Fsp3) is 0.692. The zero-order chi connectivity index (χ0) is 13.8. The molecule has 1 aromatic rings. The summed E-state index contributed by atoms with van der Waals surface area (Å²) in [7, 11) is 0. The molecule has 0 aromatic carbocycles. The minimum absolute atomic E-state index is 0.302. The third-order valence-electron chi connectivity index (χ3n) is 2.80. The van der Waals surface area contributed by atoms with Crippen molar-refractivity contribution in [3.63, 3.8) is 0 Å². The second-order valence-electron chi connectivity index (χ2n) is 5.17. The summed E-state index contributed by atoms with van der Waals surface area (Å²) >= 11 is 5.95. The molecule has 18 heavy (non-hydrogen) atoms. The Kier molecular flexibility index (Phi) is 5.18. The molecule has 0 fully saturated rings. The van der Waals surface area contributed by atoms with Crippen LogP contribution in [0.5, 0.6) is 0 Å². The average molecular weight is 269 g/mol. The van der Waals surface area contributed by atoms with Crippen molar-refractivity contribution in [2.75, 3.05) is 0 Å². The standard InChI is InChI=1S/C13H21ClN4/c1-10(2)16-13(4,9-15)6-5-7-18-8-12(14)11(3)17-18/h8,10,16H,5-7H2,1-4H3. The van der Waals surface area contributed by atoms with Gasteiger partial charge in [-0.15, -0.1) is 0 Å². The molecular weight excluding hydrogens is 248 g/mol. The predicted molar refractivity (Wildman–Crippen MR) is 73.5 cm³/mol. The van der Waals surface area contributed by atoms with Gasteiger partial charge in [0.15, 0.2) is 0 Å². The summed E-state index contributed by atoms with van der Waals surface area (Å²) in [5.41, 5.74) is 0.375. The van der Waals surface area contributed by atoms with Crippen molar-refractivity contribution in [2.24, 2.45) is 0 Å². The van der Waals surface area contributed by atoms with E-state index in [9.17, 15) is 5.26 Å². The molecule has 100 valence electrons. The van der Waals surface area contributed by atoms with Gasteiger partial charge in [-0.2, -0.15) is 10.4 Å². The second-order valence-corrected chi connectivity index (χ2v) is 5.58. The number of hydrogen-bond donors (Lipinski definition) is 1. The number of aromatic nitrogens is 2. The van der Waals surface area contributed by atoms with Crippen molar-refractivity contribution in [3.05, 3.63) is 16.9 Å². The van der Waals surface area contributed by atoms with Gasteiger partial charge in [-0.3, -0.25) is 10.00 Å². The van der Waals surface area contributed by atoms with Crippen LogP contribution in [0.2, 0.25) is 5.02 Å². The molecule has 0 aliphatic carbocycles. The van der Waals surface area contributed by atoms with Crippen LogP contribution >= 0.6 is 11.6 Å². The molecule has 0 spiro atoms.